The van der Waals surface area contributed by atoms with E-state index < -0.39 is 11.9 Å². The van der Waals surface area contributed by atoms with Gasteiger partial charge in [-0.1, -0.05) is 30.3 Å². The zero-order valence-electron chi connectivity index (χ0n) is 19.6. The number of hydrogen-bond donors (Lipinski definition) is 1. The summed E-state index contributed by atoms with van der Waals surface area (Å²) in [5.74, 6) is -0.234. The number of imide groups is 1. The standard InChI is InChI=1S/C27H29N3O5/c31-24-9-8-22(25(32)28-24)30-16-21-20(26(30)33)2-1-3-23(21)35-17-18-4-6-19(7-5-18)27(10-11-27)29-12-14-34-15-13-29/h1-7,22H,8-17H2,(H,28,31,32). The molecule has 3 aliphatic heterocycles. The van der Waals surface area contributed by atoms with E-state index in [2.05, 4.69) is 34.5 Å². The minimum atomic E-state index is -0.630. The van der Waals surface area contributed by atoms with Crippen LogP contribution in [0.25, 0.3) is 0 Å². The fourth-order valence-corrected chi connectivity index (χ4v) is 5.66. The predicted molar refractivity (Wildman–Crippen MR) is 127 cm³/mol. The first-order valence-corrected chi connectivity index (χ1v) is 12.4. The van der Waals surface area contributed by atoms with E-state index in [0.29, 0.717) is 30.9 Å². The van der Waals surface area contributed by atoms with E-state index in [-0.39, 0.29) is 23.8 Å². The summed E-state index contributed by atoms with van der Waals surface area (Å²) in [4.78, 5) is 40.9. The van der Waals surface area contributed by atoms with Gasteiger partial charge in [-0.3, -0.25) is 24.6 Å². The summed E-state index contributed by atoms with van der Waals surface area (Å²) < 4.78 is 11.7. The van der Waals surface area contributed by atoms with Crippen LogP contribution in [0.15, 0.2) is 42.5 Å². The van der Waals surface area contributed by atoms with Crippen LogP contribution < -0.4 is 10.1 Å². The molecule has 1 unspecified atom stereocenters. The molecule has 3 heterocycles. The van der Waals surface area contributed by atoms with Gasteiger partial charge in [0, 0.05) is 36.2 Å². The number of hydrogen-bond acceptors (Lipinski definition) is 6. The normalized spacial score (nSPS) is 23.7. The molecule has 0 aromatic heterocycles. The van der Waals surface area contributed by atoms with Crippen LogP contribution >= 0.6 is 0 Å². The first kappa shape index (κ1) is 22.2. The molecule has 6 rings (SSSR count). The van der Waals surface area contributed by atoms with Crippen molar-refractivity contribution in [3.63, 3.8) is 0 Å². The fraction of sp³-hybridized carbons (Fsp3) is 0.444. The zero-order valence-corrected chi connectivity index (χ0v) is 19.6. The third kappa shape index (κ3) is 4.00. The lowest BCUT2D eigenvalue weighted by atomic mass is 10.0. The number of fused-ring (bicyclic) bond motifs is 1. The lowest BCUT2D eigenvalue weighted by molar-refractivity contribution is -0.136. The first-order chi connectivity index (χ1) is 17.0. The van der Waals surface area contributed by atoms with Crippen molar-refractivity contribution in [2.24, 2.45) is 0 Å². The van der Waals surface area contributed by atoms with Gasteiger partial charge in [0.25, 0.3) is 5.91 Å². The van der Waals surface area contributed by atoms with Gasteiger partial charge in [-0.2, -0.15) is 0 Å². The summed E-state index contributed by atoms with van der Waals surface area (Å²) >= 11 is 0. The quantitative estimate of drug-likeness (QED) is 0.646. The van der Waals surface area contributed by atoms with Crippen molar-refractivity contribution < 1.29 is 23.9 Å². The van der Waals surface area contributed by atoms with Crippen LogP contribution in [0.2, 0.25) is 0 Å². The number of piperidine rings is 1. The smallest absolute Gasteiger partial charge is 0.255 e. The second-order valence-electron chi connectivity index (χ2n) is 9.80. The topological polar surface area (TPSA) is 88.2 Å². The number of benzene rings is 2. The van der Waals surface area contributed by atoms with Crippen LogP contribution in [-0.4, -0.2) is 59.9 Å². The van der Waals surface area contributed by atoms with Gasteiger partial charge in [-0.25, -0.2) is 0 Å². The fourth-order valence-electron chi connectivity index (χ4n) is 5.66. The maximum Gasteiger partial charge on any atom is 0.255 e. The Kier molecular flexibility index (Phi) is 5.57. The highest BCUT2D eigenvalue weighted by atomic mass is 16.5. The van der Waals surface area contributed by atoms with Crippen LogP contribution in [0, 0.1) is 0 Å². The summed E-state index contributed by atoms with van der Waals surface area (Å²) in [5.41, 5.74) is 3.94. The monoisotopic (exact) mass is 475 g/mol. The van der Waals surface area contributed by atoms with Crippen LogP contribution in [0.4, 0.5) is 0 Å². The second-order valence-corrected chi connectivity index (χ2v) is 9.80. The Morgan fingerprint density at radius 2 is 1.80 bits per heavy atom. The molecule has 2 saturated heterocycles. The molecule has 0 radical (unpaired) electrons. The Hall–Kier alpha value is -3.23. The van der Waals surface area contributed by atoms with Gasteiger partial charge in [0.15, 0.2) is 0 Å². The van der Waals surface area contributed by atoms with E-state index in [1.165, 1.54) is 18.4 Å². The third-order valence-electron chi connectivity index (χ3n) is 7.76. The molecule has 0 bridgehead atoms. The summed E-state index contributed by atoms with van der Waals surface area (Å²) in [6, 6.07) is 13.5. The van der Waals surface area contributed by atoms with Gasteiger partial charge in [-0.15, -0.1) is 0 Å². The van der Waals surface area contributed by atoms with Crippen molar-refractivity contribution in [3.8, 4) is 5.75 Å². The van der Waals surface area contributed by atoms with Crippen LogP contribution in [0.1, 0.15) is 52.7 Å². The Morgan fingerprint density at radius 1 is 1.03 bits per heavy atom. The van der Waals surface area contributed by atoms with E-state index in [4.69, 9.17) is 9.47 Å². The molecule has 1 N–H and O–H groups in total. The number of rotatable bonds is 6. The van der Waals surface area contributed by atoms with Gasteiger partial charge >= 0.3 is 0 Å². The van der Waals surface area contributed by atoms with Crippen molar-refractivity contribution in [2.45, 2.75) is 50.4 Å². The minimum absolute atomic E-state index is 0.170. The van der Waals surface area contributed by atoms with Gasteiger partial charge in [0.1, 0.15) is 18.4 Å². The number of nitrogens with zero attached hydrogens (tertiary/aromatic N) is 2. The van der Waals surface area contributed by atoms with Crippen molar-refractivity contribution in [1.29, 1.82) is 0 Å². The van der Waals surface area contributed by atoms with Crippen molar-refractivity contribution in [2.75, 3.05) is 26.3 Å². The second kappa shape index (κ2) is 8.77. The molecule has 8 heteroatoms. The van der Waals surface area contributed by atoms with Gasteiger partial charge in [0.2, 0.25) is 11.8 Å². The largest absolute Gasteiger partial charge is 0.489 e. The average molecular weight is 476 g/mol. The number of carbonyl (C=O) groups is 3. The van der Waals surface area contributed by atoms with Crippen molar-refractivity contribution in [3.05, 3.63) is 64.7 Å². The van der Waals surface area contributed by atoms with Crippen LogP contribution in [0.5, 0.6) is 5.75 Å². The first-order valence-electron chi connectivity index (χ1n) is 12.4. The van der Waals surface area contributed by atoms with E-state index in [1.807, 2.05) is 12.1 Å². The van der Waals surface area contributed by atoms with Crippen LogP contribution in [-0.2, 0) is 33.0 Å². The number of ether oxygens (including phenoxy) is 2. The molecule has 2 aromatic carbocycles. The molecule has 4 aliphatic rings. The summed E-state index contributed by atoms with van der Waals surface area (Å²) in [6.45, 7) is 4.28. The molecule has 1 aliphatic carbocycles. The summed E-state index contributed by atoms with van der Waals surface area (Å²) in [5, 5.41) is 2.34. The maximum atomic E-state index is 13.0. The van der Waals surface area contributed by atoms with E-state index >= 15 is 0 Å². The molecule has 8 nitrogen and oxygen atoms in total. The maximum absolute atomic E-state index is 13.0. The molecule has 1 saturated carbocycles. The van der Waals surface area contributed by atoms with Gasteiger partial charge in [0.05, 0.1) is 19.8 Å². The molecular weight excluding hydrogens is 446 g/mol. The average Bonchev–Trinajstić information content (AvgIpc) is 3.63. The van der Waals surface area contributed by atoms with Gasteiger partial charge in [-0.05, 0) is 42.5 Å². The molecule has 2 aromatic rings. The van der Waals surface area contributed by atoms with E-state index in [1.54, 1.807) is 11.0 Å². The highest BCUT2D eigenvalue weighted by Gasteiger charge is 2.49. The molecule has 3 fully saturated rings. The SMILES string of the molecule is O=C1CCC(N2Cc3c(OCc4ccc(C5(N6CCOCC6)CC5)cc4)cccc3C2=O)C(=O)N1. The summed E-state index contributed by atoms with van der Waals surface area (Å²) in [7, 11) is 0. The molecule has 1 atom stereocenters. The van der Waals surface area contributed by atoms with Crippen molar-refractivity contribution in [1.82, 2.24) is 15.1 Å². The number of carbonyl (C=O) groups excluding carboxylic acids is 3. The lowest BCUT2D eigenvalue weighted by Crippen LogP contribution is -2.52. The number of nitrogens with one attached hydrogen (secondary N) is 1. The number of morpholine rings is 1. The Morgan fingerprint density at radius 3 is 2.51 bits per heavy atom. The highest BCUT2D eigenvalue weighted by Crippen LogP contribution is 2.51. The molecule has 182 valence electrons. The van der Waals surface area contributed by atoms with Gasteiger partial charge < -0.3 is 14.4 Å². The third-order valence-corrected chi connectivity index (χ3v) is 7.76. The zero-order chi connectivity index (χ0) is 24.0. The van der Waals surface area contributed by atoms with Crippen LogP contribution in [0.3, 0.4) is 0 Å². The Labute approximate surface area is 204 Å². The lowest BCUT2D eigenvalue weighted by Gasteiger charge is -2.35. The molecule has 0 spiro atoms. The number of amides is 3. The molecule has 35 heavy (non-hydrogen) atoms. The highest BCUT2D eigenvalue weighted by molar-refractivity contribution is 6.05. The summed E-state index contributed by atoms with van der Waals surface area (Å²) in [6.07, 6.45) is 2.97. The van der Waals surface area contributed by atoms with Crippen molar-refractivity contribution >= 4 is 17.7 Å². The van der Waals surface area contributed by atoms with E-state index in [9.17, 15) is 14.4 Å². The predicted octanol–water partition coefficient (Wildman–Crippen LogP) is 2.35. The van der Waals surface area contributed by atoms with E-state index in [0.717, 1.165) is 37.4 Å². The molecule has 3 amide bonds. The Balaban J connectivity index is 1.13. The molecular formula is C27H29N3O5. The minimum Gasteiger partial charge on any atom is -0.489 e. The Bertz CT molecular complexity index is 1170.